The van der Waals surface area contributed by atoms with Crippen LogP contribution in [0.25, 0.3) is 0 Å². The van der Waals surface area contributed by atoms with Gasteiger partial charge in [-0.05, 0) is 43.2 Å². The second kappa shape index (κ2) is 8.49. The number of carbonyl (C=O) groups excluding carboxylic acids is 2. The predicted molar refractivity (Wildman–Crippen MR) is 103 cm³/mol. The molecule has 1 aliphatic rings. The van der Waals surface area contributed by atoms with Crippen LogP contribution in [0.3, 0.4) is 0 Å². The second-order valence-electron chi connectivity index (χ2n) is 6.71. The van der Waals surface area contributed by atoms with Crippen molar-refractivity contribution in [2.24, 2.45) is 5.92 Å². The maximum Gasteiger partial charge on any atom is 0.336 e. The molecule has 6 heteroatoms. The molecule has 0 bridgehead atoms. The average Bonchev–Trinajstić information content (AvgIpc) is 2.69. The van der Waals surface area contributed by atoms with Gasteiger partial charge < -0.3 is 15.7 Å². The number of carboxylic acid groups (broad SMARTS) is 1. The molecule has 0 heterocycles. The maximum absolute atomic E-state index is 12.5. The SMILES string of the molecule is O=C(O)c1ccccc1C(=O)Nc1cccc(NC(=O)C2CCCCC2)c1. The van der Waals surface area contributed by atoms with Gasteiger partial charge in [-0.1, -0.05) is 37.5 Å². The van der Waals surface area contributed by atoms with Crippen LogP contribution in [0.2, 0.25) is 0 Å². The number of hydrogen-bond acceptors (Lipinski definition) is 3. The highest BCUT2D eigenvalue weighted by Gasteiger charge is 2.21. The van der Waals surface area contributed by atoms with Crippen molar-refractivity contribution >= 4 is 29.2 Å². The Morgan fingerprint density at radius 1 is 0.815 bits per heavy atom. The highest BCUT2D eigenvalue weighted by molar-refractivity contribution is 6.10. The molecule has 3 rings (SSSR count). The molecule has 0 atom stereocenters. The molecular weight excluding hydrogens is 344 g/mol. The largest absolute Gasteiger partial charge is 0.478 e. The van der Waals surface area contributed by atoms with Crippen LogP contribution >= 0.6 is 0 Å². The zero-order chi connectivity index (χ0) is 19.2. The summed E-state index contributed by atoms with van der Waals surface area (Å²) in [6.45, 7) is 0. The van der Waals surface area contributed by atoms with Crippen LogP contribution < -0.4 is 10.6 Å². The number of hydrogen-bond donors (Lipinski definition) is 3. The van der Waals surface area contributed by atoms with Crippen molar-refractivity contribution in [1.29, 1.82) is 0 Å². The molecule has 1 fully saturated rings. The summed E-state index contributed by atoms with van der Waals surface area (Å²) in [6, 6.07) is 12.9. The summed E-state index contributed by atoms with van der Waals surface area (Å²) in [7, 11) is 0. The molecule has 0 saturated heterocycles. The number of benzene rings is 2. The van der Waals surface area contributed by atoms with Crippen LogP contribution in [0.15, 0.2) is 48.5 Å². The Balaban J connectivity index is 1.69. The molecule has 2 aromatic carbocycles. The number of nitrogens with one attached hydrogen (secondary N) is 2. The number of rotatable bonds is 5. The molecule has 0 radical (unpaired) electrons. The Hall–Kier alpha value is -3.15. The Morgan fingerprint density at radius 2 is 1.44 bits per heavy atom. The monoisotopic (exact) mass is 366 g/mol. The quantitative estimate of drug-likeness (QED) is 0.740. The highest BCUT2D eigenvalue weighted by atomic mass is 16.4. The van der Waals surface area contributed by atoms with Gasteiger partial charge in [-0.25, -0.2) is 4.79 Å². The van der Waals surface area contributed by atoms with Gasteiger partial charge in [-0.3, -0.25) is 9.59 Å². The summed E-state index contributed by atoms with van der Waals surface area (Å²) in [4.78, 5) is 36.1. The normalized spacial score (nSPS) is 14.4. The smallest absolute Gasteiger partial charge is 0.336 e. The molecule has 1 aliphatic carbocycles. The van der Waals surface area contributed by atoms with Gasteiger partial charge in [-0.15, -0.1) is 0 Å². The number of aromatic carboxylic acids is 1. The molecule has 2 amide bonds. The fourth-order valence-electron chi connectivity index (χ4n) is 3.35. The van der Waals surface area contributed by atoms with Crippen molar-refractivity contribution in [3.63, 3.8) is 0 Å². The molecule has 27 heavy (non-hydrogen) atoms. The minimum atomic E-state index is -1.16. The van der Waals surface area contributed by atoms with Crippen LogP contribution in [-0.2, 0) is 4.79 Å². The zero-order valence-electron chi connectivity index (χ0n) is 14.9. The van der Waals surface area contributed by atoms with Crippen LogP contribution in [0.5, 0.6) is 0 Å². The number of carbonyl (C=O) groups is 3. The average molecular weight is 366 g/mol. The lowest BCUT2D eigenvalue weighted by molar-refractivity contribution is -0.120. The molecule has 0 spiro atoms. The van der Waals surface area contributed by atoms with Crippen LogP contribution in [0.4, 0.5) is 11.4 Å². The van der Waals surface area contributed by atoms with Gasteiger partial charge in [0.15, 0.2) is 0 Å². The summed E-state index contributed by atoms with van der Waals surface area (Å²) in [5.74, 6) is -1.62. The summed E-state index contributed by atoms with van der Waals surface area (Å²) >= 11 is 0. The summed E-state index contributed by atoms with van der Waals surface area (Å²) in [5, 5.41) is 14.8. The van der Waals surface area contributed by atoms with E-state index in [9.17, 15) is 19.5 Å². The van der Waals surface area contributed by atoms with E-state index in [-0.39, 0.29) is 23.0 Å². The lowest BCUT2D eigenvalue weighted by Crippen LogP contribution is -2.24. The third kappa shape index (κ3) is 4.73. The van der Waals surface area contributed by atoms with Gasteiger partial charge in [0, 0.05) is 17.3 Å². The van der Waals surface area contributed by atoms with E-state index in [4.69, 9.17) is 0 Å². The van der Waals surface area contributed by atoms with E-state index in [1.54, 1.807) is 36.4 Å². The molecule has 2 aromatic rings. The zero-order valence-corrected chi connectivity index (χ0v) is 14.9. The molecule has 6 nitrogen and oxygen atoms in total. The van der Waals surface area contributed by atoms with Crippen molar-refractivity contribution in [2.75, 3.05) is 10.6 Å². The Bertz CT molecular complexity index is 857. The molecule has 1 saturated carbocycles. The van der Waals surface area contributed by atoms with Gasteiger partial charge in [0.2, 0.25) is 5.91 Å². The van der Waals surface area contributed by atoms with E-state index in [1.807, 2.05) is 0 Å². The topological polar surface area (TPSA) is 95.5 Å². The molecule has 140 valence electrons. The maximum atomic E-state index is 12.5. The van der Waals surface area contributed by atoms with E-state index < -0.39 is 11.9 Å². The molecular formula is C21H22N2O4. The highest BCUT2D eigenvalue weighted by Crippen LogP contribution is 2.25. The Morgan fingerprint density at radius 3 is 2.11 bits per heavy atom. The number of anilines is 2. The van der Waals surface area contributed by atoms with Crippen molar-refractivity contribution in [3.05, 3.63) is 59.7 Å². The fraction of sp³-hybridized carbons (Fsp3) is 0.286. The van der Waals surface area contributed by atoms with Crippen molar-refractivity contribution < 1.29 is 19.5 Å². The van der Waals surface area contributed by atoms with Gasteiger partial charge in [0.1, 0.15) is 0 Å². The summed E-state index contributed by atoms with van der Waals surface area (Å²) in [5.41, 5.74) is 1.12. The van der Waals surface area contributed by atoms with Crippen LogP contribution in [-0.4, -0.2) is 22.9 Å². The summed E-state index contributed by atoms with van der Waals surface area (Å²) in [6.07, 6.45) is 5.17. The van der Waals surface area contributed by atoms with Crippen molar-refractivity contribution in [3.8, 4) is 0 Å². The van der Waals surface area contributed by atoms with Gasteiger partial charge in [0.25, 0.3) is 5.91 Å². The van der Waals surface area contributed by atoms with E-state index in [0.717, 1.165) is 25.7 Å². The van der Waals surface area contributed by atoms with Gasteiger partial charge >= 0.3 is 5.97 Å². The molecule has 0 aliphatic heterocycles. The lowest BCUT2D eigenvalue weighted by Gasteiger charge is -2.20. The number of amides is 2. The Labute approximate surface area is 157 Å². The molecule has 0 aromatic heterocycles. The minimum Gasteiger partial charge on any atom is -0.478 e. The first-order chi connectivity index (χ1) is 13.0. The van der Waals surface area contributed by atoms with E-state index >= 15 is 0 Å². The summed E-state index contributed by atoms with van der Waals surface area (Å²) < 4.78 is 0. The first kappa shape index (κ1) is 18.6. The second-order valence-corrected chi connectivity index (χ2v) is 6.71. The first-order valence-corrected chi connectivity index (χ1v) is 9.09. The third-order valence-electron chi connectivity index (χ3n) is 4.77. The lowest BCUT2D eigenvalue weighted by atomic mass is 9.88. The van der Waals surface area contributed by atoms with Crippen LogP contribution in [0, 0.1) is 5.92 Å². The van der Waals surface area contributed by atoms with Gasteiger partial charge in [0.05, 0.1) is 11.1 Å². The fourth-order valence-corrected chi connectivity index (χ4v) is 3.35. The van der Waals surface area contributed by atoms with E-state index in [2.05, 4.69) is 10.6 Å². The van der Waals surface area contributed by atoms with E-state index in [0.29, 0.717) is 11.4 Å². The molecule has 3 N–H and O–H groups in total. The van der Waals surface area contributed by atoms with Crippen molar-refractivity contribution in [2.45, 2.75) is 32.1 Å². The van der Waals surface area contributed by atoms with Crippen molar-refractivity contribution in [1.82, 2.24) is 0 Å². The predicted octanol–water partition coefficient (Wildman–Crippen LogP) is 4.16. The van der Waals surface area contributed by atoms with Crippen LogP contribution in [0.1, 0.15) is 52.8 Å². The standard InChI is InChI=1S/C21H22N2O4/c24-19(14-7-2-1-3-8-14)22-15-9-6-10-16(13-15)23-20(25)17-11-4-5-12-18(17)21(26)27/h4-6,9-14H,1-3,7-8H2,(H,22,24)(H,23,25)(H,26,27). The molecule has 0 unspecified atom stereocenters. The van der Waals surface area contributed by atoms with E-state index in [1.165, 1.54) is 18.6 Å². The van der Waals surface area contributed by atoms with Gasteiger partial charge in [-0.2, -0.15) is 0 Å². The Kier molecular flexibility index (Phi) is 5.86. The number of carboxylic acids is 1. The first-order valence-electron chi connectivity index (χ1n) is 9.09. The third-order valence-corrected chi connectivity index (χ3v) is 4.77. The minimum absolute atomic E-state index is 0.00870.